The Morgan fingerprint density at radius 2 is 2.05 bits per heavy atom. The minimum atomic E-state index is -1.02. The summed E-state index contributed by atoms with van der Waals surface area (Å²) in [7, 11) is 0. The van der Waals surface area contributed by atoms with Crippen LogP contribution < -0.4 is 5.32 Å². The van der Waals surface area contributed by atoms with Gasteiger partial charge < -0.3 is 10.4 Å². The Hall–Kier alpha value is -1.88. The highest BCUT2D eigenvalue weighted by atomic mass is 16.4. The first-order chi connectivity index (χ1) is 9.08. The lowest BCUT2D eigenvalue weighted by Gasteiger charge is -2.32. The number of hydrogen-bond acceptors (Lipinski definition) is 3. The predicted octanol–water partition coefficient (Wildman–Crippen LogP) is 0.634. The molecule has 19 heavy (non-hydrogen) atoms. The first-order valence-corrected chi connectivity index (χ1v) is 6.38. The largest absolute Gasteiger partial charge is 0.480 e. The Morgan fingerprint density at radius 3 is 2.74 bits per heavy atom. The summed E-state index contributed by atoms with van der Waals surface area (Å²) in [6.45, 7) is 3.04. The van der Waals surface area contributed by atoms with E-state index in [4.69, 9.17) is 5.11 Å². The summed E-state index contributed by atoms with van der Waals surface area (Å²) >= 11 is 0. The molecule has 1 unspecified atom stereocenters. The Balaban J connectivity index is 1.96. The van der Waals surface area contributed by atoms with Gasteiger partial charge in [0.05, 0.1) is 6.04 Å². The lowest BCUT2D eigenvalue weighted by atomic mass is 9.99. The van der Waals surface area contributed by atoms with Crippen LogP contribution in [0.2, 0.25) is 0 Å². The van der Waals surface area contributed by atoms with Gasteiger partial charge in [-0.2, -0.15) is 0 Å². The topological polar surface area (TPSA) is 69.6 Å². The number of nitrogens with zero attached hydrogens (tertiary/aromatic N) is 1. The zero-order chi connectivity index (χ0) is 13.8. The van der Waals surface area contributed by atoms with E-state index < -0.39 is 5.97 Å². The van der Waals surface area contributed by atoms with E-state index >= 15 is 0 Å². The number of hydrogen-bond donors (Lipinski definition) is 2. The van der Waals surface area contributed by atoms with Crippen LogP contribution in [-0.2, 0) is 22.6 Å². The van der Waals surface area contributed by atoms with Crippen molar-refractivity contribution < 1.29 is 14.7 Å². The zero-order valence-corrected chi connectivity index (χ0v) is 10.9. The molecule has 1 aliphatic heterocycles. The van der Waals surface area contributed by atoms with Crippen molar-refractivity contribution in [1.82, 2.24) is 10.2 Å². The highest BCUT2D eigenvalue weighted by Crippen LogP contribution is 2.20. The third-order valence-corrected chi connectivity index (χ3v) is 3.50. The molecular formula is C14H18N2O3. The molecule has 1 heterocycles. The average molecular weight is 262 g/mol. The molecule has 5 nitrogen and oxygen atoms in total. The first-order valence-electron chi connectivity index (χ1n) is 6.38. The molecule has 5 heteroatoms. The van der Waals surface area contributed by atoms with Crippen LogP contribution in [0, 0.1) is 0 Å². The molecule has 1 atom stereocenters. The Bertz CT molecular complexity index is 487. The van der Waals surface area contributed by atoms with Gasteiger partial charge in [0.2, 0.25) is 5.91 Å². The van der Waals surface area contributed by atoms with E-state index in [2.05, 4.69) is 22.3 Å². The van der Waals surface area contributed by atoms with E-state index in [1.165, 1.54) is 11.1 Å². The van der Waals surface area contributed by atoms with Crippen LogP contribution in [0.1, 0.15) is 18.1 Å². The van der Waals surface area contributed by atoms with E-state index in [9.17, 15) is 9.59 Å². The van der Waals surface area contributed by atoms with E-state index in [-0.39, 0.29) is 18.5 Å². The number of nitrogens with one attached hydrogen (secondary N) is 1. The monoisotopic (exact) mass is 262 g/mol. The fourth-order valence-corrected chi connectivity index (χ4v) is 2.32. The number of carbonyl (C=O) groups excluding carboxylic acids is 1. The van der Waals surface area contributed by atoms with E-state index in [1.807, 2.05) is 19.1 Å². The number of rotatable bonds is 4. The number of carbonyl (C=O) groups is 2. The predicted molar refractivity (Wildman–Crippen MR) is 70.7 cm³/mol. The first kappa shape index (κ1) is 13.5. The van der Waals surface area contributed by atoms with Gasteiger partial charge in [-0.05, 0) is 24.5 Å². The number of amides is 1. The van der Waals surface area contributed by atoms with Crippen LogP contribution in [0.15, 0.2) is 24.3 Å². The summed E-state index contributed by atoms with van der Waals surface area (Å²) in [5.74, 6) is -1.26. The quantitative estimate of drug-likeness (QED) is 0.835. The van der Waals surface area contributed by atoms with Crippen molar-refractivity contribution in [1.29, 1.82) is 0 Å². The van der Waals surface area contributed by atoms with Crippen molar-refractivity contribution in [2.24, 2.45) is 0 Å². The molecule has 2 rings (SSSR count). The van der Waals surface area contributed by atoms with Crippen molar-refractivity contribution in [3.05, 3.63) is 35.4 Å². The molecule has 0 radical (unpaired) electrons. The van der Waals surface area contributed by atoms with Crippen molar-refractivity contribution in [3.63, 3.8) is 0 Å². The molecule has 1 aromatic rings. The van der Waals surface area contributed by atoms with Gasteiger partial charge in [-0.25, -0.2) is 0 Å². The van der Waals surface area contributed by atoms with Crippen molar-refractivity contribution >= 4 is 11.9 Å². The second-order valence-corrected chi connectivity index (χ2v) is 4.78. The van der Waals surface area contributed by atoms with Gasteiger partial charge in [0.25, 0.3) is 0 Å². The van der Waals surface area contributed by atoms with Crippen LogP contribution >= 0.6 is 0 Å². The Morgan fingerprint density at radius 1 is 1.37 bits per heavy atom. The third kappa shape index (κ3) is 3.32. The maximum atomic E-state index is 11.8. The molecule has 0 aromatic heterocycles. The molecule has 0 saturated carbocycles. The fraction of sp³-hybridized carbons (Fsp3) is 0.429. The van der Waals surface area contributed by atoms with E-state index in [1.54, 1.807) is 0 Å². The average Bonchev–Trinajstić information content (AvgIpc) is 2.43. The number of aliphatic carboxylic acids is 1. The second-order valence-electron chi connectivity index (χ2n) is 4.78. The molecule has 2 N–H and O–H groups in total. The maximum absolute atomic E-state index is 11.8. The third-order valence-electron chi connectivity index (χ3n) is 3.50. The van der Waals surface area contributed by atoms with Gasteiger partial charge in [0.15, 0.2) is 0 Å². The molecule has 1 aromatic carbocycles. The number of benzene rings is 1. The smallest absolute Gasteiger partial charge is 0.322 e. The summed E-state index contributed by atoms with van der Waals surface area (Å²) in [6, 6.07) is 7.90. The minimum absolute atomic E-state index is 0.234. The van der Waals surface area contributed by atoms with Crippen LogP contribution in [0.25, 0.3) is 0 Å². The van der Waals surface area contributed by atoms with Gasteiger partial charge in [0, 0.05) is 13.1 Å². The van der Waals surface area contributed by atoms with Gasteiger partial charge in [0.1, 0.15) is 6.54 Å². The van der Waals surface area contributed by atoms with Gasteiger partial charge >= 0.3 is 5.97 Å². The minimum Gasteiger partial charge on any atom is -0.480 e. The zero-order valence-electron chi connectivity index (χ0n) is 10.9. The van der Waals surface area contributed by atoms with Crippen LogP contribution in [0.3, 0.4) is 0 Å². The Labute approximate surface area is 112 Å². The molecule has 1 aliphatic rings. The van der Waals surface area contributed by atoms with Crippen molar-refractivity contribution in [3.8, 4) is 0 Å². The van der Waals surface area contributed by atoms with Crippen molar-refractivity contribution in [2.45, 2.75) is 25.9 Å². The van der Waals surface area contributed by atoms with Crippen LogP contribution in [-0.4, -0.2) is 41.0 Å². The van der Waals surface area contributed by atoms with Gasteiger partial charge in [-0.1, -0.05) is 24.3 Å². The standard InChI is InChI=1S/C14H18N2O3/c1-10(14(19)15-8-13(17)18)16-7-6-11-4-2-3-5-12(11)9-16/h2-5,10H,6-9H2,1H3,(H,15,19)(H,17,18). The molecule has 0 bridgehead atoms. The molecule has 0 aliphatic carbocycles. The van der Waals surface area contributed by atoms with Crippen LogP contribution in [0.5, 0.6) is 0 Å². The highest BCUT2D eigenvalue weighted by Gasteiger charge is 2.25. The van der Waals surface area contributed by atoms with E-state index in [0.717, 1.165) is 19.5 Å². The fourth-order valence-electron chi connectivity index (χ4n) is 2.32. The SMILES string of the molecule is CC(C(=O)NCC(=O)O)N1CCc2ccccc2C1. The van der Waals surface area contributed by atoms with Crippen molar-refractivity contribution in [2.75, 3.05) is 13.1 Å². The summed E-state index contributed by atoms with van der Waals surface area (Å²) in [5.41, 5.74) is 2.57. The summed E-state index contributed by atoms with van der Waals surface area (Å²) in [6.07, 6.45) is 0.923. The van der Waals surface area contributed by atoms with Gasteiger partial charge in [-0.15, -0.1) is 0 Å². The molecule has 102 valence electrons. The van der Waals surface area contributed by atoms with Gasteiger partial charge in [-0.3, -0.25) is 14.5 Å². The number of fused-ring (bicyclic) bond motifs is 1. The lowest BCUT2D eigenvalue weighted by molar-refractivity contribution is -0.138. The maximum Gasteiger partial charge on any atom is 0.322 e. The molecule has 0 spiro atoms. The van der Waals surface area contributed by atoms with Crippen LogP contribution in [0.4, 0.5) is 0 Å². The lowest BCUT2D eigenvalue weighted by Crippen LogP contribution is -2.47. The normalized spacial score (nSPS) is 16.5. The van der Waals surface area contributed by atoms with E-state index in [0.29, 0.717) is 0 Å². The summed E-state index contributed by atoms with van der Waals surface area (Å²) in [4.78, 5) is 24.3. The summed E-state index contributed by atoms with van der Waals surface area (Å²) < 4.78 is 0. The Kier molecular flexibility index (Phi) is 4.16. The molecule has 0 saturated heterocycles. The highest BCUT2D eigenvalue weighted by molar-refractivity contribution is 5.84. The second kappa shape index (κ2) is 5.84. The number of carboxylic acid groups (broad SMARTS) is 1. The summed E-state index contributed by atoms with van der Waals surface area (Å²) in [5, 5.41) is 11.0. The molecular weight excluding hydrogens is 244 g/mol. The molecule has 1 amide bonds. The number of carboxylic acids is 1. The molecule has 0 fully saturated rings.